The van der Waals surface area contributed by atoms with Crippen LogP contribution in [0, 0.1) is 5.92 Å². The monoisotopic (exact) mass is 422 g/mol. The molecule has 1 heterocycles. The van der Waals surface area contributed by atoms with E-state index in [0.29, 0.717) is 17.3 Å². The van der Waals surface area contributed by atoms with Crippen LogP contribution in [0.15, 0.2) is 28.8 Å². The highest BCUT2D eigenvalue weighted by Crippen LogP contribution is 2.18. The van der Waals surface area contributed by atoms with Crippen LogP contribution in [0.1, 0.15) is 46.9 Å². The molecule has 2 amide bonds. The first kappa shape index (κ1) is 22.7. The van der Waals surface area contributed by atoms with Gasteiger partial charge in [0.25, 0.3) is 0 Å². The van der Waals surface area contributed by atoms with Gasteiger partial charge in [0.2, 0.25) is 17.6 Å². The molecule has 0 aliphatic carbocycles. The highest BCUT2D eigenvalue weighted by molar-refractivity contribution is 6.30. The average Bonchev–Trinajstić information content (AvgIpc) is 3.06. The van der Waals surface area contributed by atoms with Crippen molar-refractivity contribution in [3.8, 4) is 11.4 Å². The number of carbonyl (C=O) groups excluding carboxylic acids is 2. The molecule has 8 nitrogen and oxygen atoms in total. The first-order valence-electron chi connectivity index (χ1n) is 9.39. The quantitative estimate of drug-likeness (QED) is 0.699. The molecule has 9 heteroatoms. The zero-order valence-corrected chi connectivity index (χ0v) is 18.0. The van der Waals surface area contributed by atoms with Gasteiger partial charge in [-0.05, 0) is 57.4 Å². The van der Waals surface area contributed by atoms with Crippen LogP contribution in [-0.2, 0) is 16.1 Å². The Morgan fingerprint density at radius 2 is 1.86 bits per heavy atom. The Labute approximate surface area is 175 Å². The predicted molar refractivity (Wildman–Crippen MR) is 109 cm³/mol. The Balaban J connectivity index is 1.97. The second kappa shape index (κ2) is 9.73. The third kappa shape index (κ3) is 7.73. The summed E-state index contributed by atoms with van der Waals surface area (Å²) in [5.74, 6) is 0.497. The minimum Gasteiger partial charge on any atom is -0.444 e. The molecule has 0 spiro atoms. The van der Waals surface area contributed by atoms with Gasteiger partial charge in [-0.2, -0.15) is 4.98 Å². The summed E-state index contributed by atoms with van der Waals surface area (Å²) in [4.78, 5) is 28.9. The van der Waals surface area contributed by atoms with Crippen LogP contribution in [-0.4, -0.2) is 33.8 Å². The molecule has 0 fully saturated rings. The van der Waals surface area contributed by atoms with E-state index < -0.39 is 17.7 Å². The smallest absolute Gasteiger partial charge is 0.408 e. The molecule has 0 aliphatic rings. The Morgan fingerprint density at radius 1 is 1.21 bits per heavy atom. The molecule has 0 bridgehead atoms. The molecule has 1 aromatic heterocycles. The summed E-state index contributed by atoms with van der Waals surface area (Å²) < 4.78 is 10.4. The maximum atomic E-state index is 12.6. The van der Waals surface area contributed by atoms with E-state index in [9.17, 15) is 9.59 Å². The Kier molecular flexibility index (Phi) is 7.61. The van der Waals surface area contributed by atoms with Crippen molar-refractivity contribution >= 4 is 23.6 Å². The standard InChI is InChI=1S/C20H27ClN4O4/c1-12(2)10-15(23-19(27)28-20(3,4)5)18(26)22-11-16-24-17(25-29-16)13-6-8-14(21)9-7-13/h6-9,12,15H,10-11H2,1-5H3,(H,22,26)(H,23,27). The molecule has 158 valence electrons. The van der Waals surface area contributed by atoms with Crippen LogP contribution in [0.25, 0.3) is 11.4 Å². The van der Waals surface area contributed by atoms with Gasteiger partial charge in [-0.3, -0.25) is 4.79 Å². The maximum absolute atomic E-state index is 12.6. The van der Waals surface area contributed by atoms with E-state index in [0.717, 1.165) is 5.56 Å². The Bertz CT molecular complexity index is 828. The second-order valence-electron chi connectivity index (χ2n) is 8.06. The van der Waals surface area contributed by atoms with Gasteiger partial charge in [0.1, 0.15) is 11.6 Å². The van der Waals surface area contributed by atoms with E-state index in [4.69, 9.17) is 20.9 Å². The van der Waals surface area contributed by atoms with Crippen LogP contribution >= 0.6 is 11.6 Å². The molecule has 1 unspecified atom stereocenters. The van der Waals surface area contributed by atoms with Crippen LogP contribution in [0.5, 0.6) is 0 Å². The summed E-state index contributed by atoms with van der Waals surface area (Å²) in [6, 6.07) is 6.28. The van der Waals surface area contributed by atoms with Crippen molar-refractivity contribution in [2.24, 2.45) is 5.92 Å². The minimum atomic E-state index is -0.733. The predicted octanol–water partition coefficient (Wildman–Crippen LogP) is 3.95. The third-order valence-corrected chi connectivity index (χ3v) is 3.95. The molecule has 2 rings (SSSR count). The van der Waals surface area contributed by atoms with Crippen molar-refractivity contribution in [2.75, 3.05) is 0 Å². The molecule has 0 saturated heterocycles. The van der Waals surface area contributed by atoms with Gasteiger partial charge in [0, 0.05) is 10.6 Å². The number of nitrogens with one attached hydrogen (secondary N) is 2. The van der Waals surface area contributed by atoms with Crippen molar-refractivity contribution in [1.29, 1.82) is 0 Å². The van der Waals surface area contributed by atoms with Crippen molar-refractivity contribution in [3.63, 3.8) is 0 Å². The fourth-order valence-electron chi connectivity index (χ4n) is 2.48. The topological polar surface area (TPSA) is 106 Å². The zero-order valence-electron chi connectivity index (χ0n) is 17.3. The molecule has 1 aromatic carbocycles. The van der Waals surface area contributed by atoms with E-state index in [1.54, 1.807) is 45.0 Å². The first-order chi connectivity index (χ1) is 13.5. The number of hydrogen-bond acceptors (Lipinski definition) is 6. The summed E-state index contributed by atoms with van der Waals surface area (Å²) in [5.41, 5.74) is 0.102. The highest BCUT2D eigenvalue weighted by atomic mass is 35.5. The van der Waals surface area contributed by atoms with Gasteiger partial charge < -0.3 is 19.9 Å². The fraction of sp³-hybridized carbons (Fsp3) is 0.500. The van der Waals surface area contributed by atoms with E-state index in [-0.39, 0.29) is 24.3 Å². The average molecular weight is 423 g/mol. The van der Waals surface area contributed by atoms with Crippen LogP contribution < -0.4 is 10.6 Å². The van der Waals surface area contributed by atoms with Gasteiger partial charge in [0.15, 0.2) is 0 Å². The summed E-state index contributed by atoms with van der Waals surface area (Å²) in [6.07, 6.45) is -0.175. The molecule has 2 N–H and O–H groups in total. The van der Waals surface area contributed by atoms with Crippen molar-refractivity contribution in [2.45, 2.75) is 59.2 Å². The van der Waals surface area contributed by atoms with Gasteiger partial charge in [-0.25, -0.2) is 4.79 Å². The number of amides is 2. The number of hydrogen-bond donors (Lipinski definition) is 2. The highest BCUT2D eigenvalue weighted by Gasteiger charge is 2.25. The van der Waals surface area contributed by atoms with Crippen LogP contribution in [0.3, 0.4) is 0 Å². The number of aromatic nitrogens is 2. The normalized spacial score (nSPS) is 12.5. The zero-order chi connectivity index (χ0) is 21.6. The molecular weight excluding hydrogens is 396 g/mol. The molecule has 29 heavy (non-hydrogen) atoms. The molecule has 0 aliphatic heterocycles. The second-order valence-corrected chi connectivity index (χ2v) is 8.50. The fourth-order valence-corrected chi connectivity index (χ4v) is 2.61. The lowest BCUT2D eigenvalue weighted by molar-refractivity contribution is -0.123. The summed E-state index contributed by atoms with van der Waals surface area (Å²) in [7, 11) is 0. The molecular formula is C20H27ClN4O4. The lowest BCUT2D eigenvalue weighted by Gasteiger charge is -2.24. The number of alkyl carbamates (subject to hydrolysis) is 1. The maximum Gasteiger partial charge on any atom is 0.408 e. The number of benzene rings is 1. The van der Waals surface area contributed by atoms with Gasteiger partial charge in [0.05, 0.1) is 6.54 Å². The number of carbonyl (C=O) groups is 2. The lowest BCUT2D eigenvalue weighted by Crippen LogP contribution is -2.48. The third-order valence-electron chi connectivity index (χ3n) is 3.70. The lowest BCUT2D eigenvalue weighted by atomic mass is 10.0. The molecule has 2 aromatic rings. The van der Waals surface area contributed by atoms with Gasteiger partial charge in [-0.15, -0.1) is 0 Å². The largest absolute Gasteiger partial charge is 0.444 e. The van der Waals surface area contributed by atoms with Crippen LogP contribution in [0.2, 0.25) is 5.02 Å². The van der Waals surface area contributed by atoms with E-state index in [1.165, 1.54) is 0 Å². The number of halogens is 1. The number of nitrogens with zero attached hydrogens (tertiary/aromatic N) is 2. The number of rotatable bonds is 7. The van der Waals surface area contributed by atoms with E-state index >= 15 is 0 Å². The SMILES string of the molecule is CC(C)CC(NC(=O)OC(C)(C)C)C(=O)NCc1nc(-c2ccc(Cl)cc2)no1. The first-order valence-corrected chi connectivity index (χ1v) is 9.77. The van der Waals surface area contributed by atoms with E-state index in [1.807, 2.05) is 13.8 Å². The number of ether oxygens (including phenoxy) is 1. The van der Waals surface area contributed by atoms with Crippen LogP contribution in [0.4, 0.5) is 4.79 Å². The van der Waals surface area contributed by atoms with E-state index in [2.05, 4.69) is 20.8 Å². The Hall–Kier alpha value is -2.61. The molecule has 1 atom stereocenters. The van der Waals surface area contributed by atoms with Gasteiger partial charge in [-0.1, -0.05) is 30.6 Å². The van der Waals surface area contributed by atoms with Crippen molar-refractivity contribution in [3.05, 3.63) is 35.2 Å². The van der Waals surface area contributed by atoms with Gasteiger partial charge >= 0.3 is 6.09 Å². The summed E-state index contributed by atoms with van der Waals surface area (Å²) in [5, 5.41) is 9.86. The molecule has 0 radical (unpaired) electrons. The van der Waals surface area contributed by atoms with Crippen molar-refractivity contribution in [1.82, 2.24) is 20.8 Å². The molecule has 0 saturated carbocycles. The minimum absolute atomic E-state index is 0.0457. The Morgan fingerprint density at radius 3 is 2.45 bits per heavy atom. The summed E-state index contributed by atoms with van der Waals surface area (Å²) in [6.45, 7) is 9.26. The van der Waals surface area contributed by atoms with Crippen molar-refractivity contribution < 1.29 is 18.8 Å². The summed E-state index contributed by atoms with van der Waals surface area (Å²) >= 11 is 5.88.